The predicted molar refractivity (Wildman–Crippen MR) is 53.0 cm³/mol. The molecule has 1 aromatic rings. The summed E-state index contributed by atoms with van der Waals surface area (Å²) in [6.45, 7) is 0.258. The van der Waals surface area contributed by atoms with Crippen molar-refractivity contribution in [2.45, 2.75) is 5.92 Å². The van der Waals surface area contributed by atoms with Gasteiger partial charge in [0.25, 0.3) is 0 Å². The number of hydrogen-bond acceptors (Lipinski definition) is 4. The van der Waals surface area contributed by atoms with Crippen LogP contribution >= 0.6 is 0 Å². The second kappa shape index (κ2) is 5.59. The van der Waals surface area contributed by atoms with Crippen LogP contribution in [0.15, 0.2) is 24.3 Å². The van der Waals surface area contributed by atoms with Crippen molar-refractivity contribution in [3.05, 3.63) is 29.8 Å². The van der Waals surface area contributed by atoms with E-state index in [0.29, 0.717) is 0 Å². The van der Waals surface area contributed by atoms with Crippen LogP contribution in [-0.2, 0) is 4.84 Å². The first-order valence-corrected chi connectivity index (χ1v) is 4.39. The van der Waals surface area contributed by atoms with Crippen molar-refractivity contribution in [3.63, 3.8) is 0 Å². The summed E-state index contributed by atoms with van der Waals surface area (Å²) in [5, 5.41) is 9.14. The highest BCUT2D eigenvalue weighted by Crippen LogP contribution is 2.25. The molecule has 0 aliphatic carbocycles. The smallest absolute Gasteiger partial charge is 0.122 e. The SMILES string of the molecule is COc1ccccc1C(CO)CON. The van der Waals surface area contributed by atoms with E-state index in [9.17, 15) is 0 Å². The number of ether oxygens (including phenoxy) is 1. The zero-order chi connectivity index (χ0) is 10.4. The molecule has 0 aliphatic rings. The number of aliphatic hydroxyl groups excluding tert-OH is 1. The van der Waals surface area contributed by atoms with Crippen LogP contribution in [-0.4, -0.2) is 25.4 Å². The zero-order valence-electron chi connectivity index (χ0n) is 8.14. The molecule has 0 saturated heterocycles. The average molecular weight is 197 g/mol. The molecule has 0 heterocycles. The molecule has 4 nitrogen and oxygen atoms in total. The van der Waals surface area contributed by atoms with Crippen LogP contribution < -0.4 is 10.6 Å². The molecule has 78 valence electrons. The van der Waals surface area contributed by atoms with Gasteiger partial charge in [-0.15, -0.1) is 0 Å². The van der Waals surface area contributed by atoms with E-state index in [1.54, 1.807) is 7.11 Å². The molecule has 0 spiro atoms. The van der Waals surface area contributed by atoms with Gasteiger partial charge in [0, 0.05) is 11.5 Å². The Labute approximate surface area is 83.2 Å². The predicted octanol–water partition coefficient (Wildman–Crippen LogP) is 0.661. The van der Waals surface area contributed by atoms with Crippen LogP contribution in [0.4, 0.5) is 0 Å². The van der Waals surface area contributed by atoms with E-state index < -0.39 is 0 Å². The lowest BCUT2D eigenvalue weighted by Gasteiger charge is -2.16. The standard InChI is InChI=1S/C10H15NO3/c1-13-10-5-3-2-4-9(10)8(6-12)7-14-11/h2-5,8,12H,6-7,11H2,1H3. The maximum atomic E-state index is 9.14. The van der Waals surface area contributed by atoms with Gasteiger partial charge in [-0.3, -0.25) is 0 Å². The minimum atomic E-state index is -0.142. The Morgan fingerprint density at radius 2 is 2.14 bits per heavy atom. The van der Waals surface area contributed by atoms with E-state index in [1.165, 1.54) is 0 Å². The quantitative estimate of drug-likeness (QED) is 0.681. The molecule has 0 aliphatic heterocycles. The summed E-state index contributed by atoms with van der Waals surface area (Å²) >= 11 is 0. The molecule has 3 N–H and O–H groups in total. The largest absolute Gasteiger partial charge is 0.496 e. The third kappa shape index (κ3) is 2.45. The Hall–Kier alpha value is -1.10. The number of aliphatic hydroxyl groups is 1. The highest BCUT2D eigenvalue weighted by molar-refractivity contribution is 5.36. The Bertz CT molecular complexity index is 278. The second-order valence-corrected chi connectivity index (χ2v) is 2.95. The van der Waals surface area contributed by atoms with Crippen molar-refractivity contribution >= 4 is 0 Å². The highest BCUT2D eigenvalue weighted by atomic mass is 16.6. The lowest BCUT2D eigenvalue weighted by atomic mass is 10.00. The highest BCUT2D eigenvalue weighted by Gasteiger charge is 2.14. The van der Waals surface area contributed by atoms with E-state index in [-0.39, 0.29) is 19.1 Å². The van der Waals surface area contributed by atoms with Gasteiger partial charge in [-0.1, -0.05) is 18.2 Å². The first-order chi connectivity index (χ1) is 6.83. The summed E-state index contributed by atoms with van der Waals surface area (Å²) in [6, 6.07) is 7.49. The minimum Gasteiger partial charge on any atom is -0.496 e. The molecule has 1 rings (SSSR count). The summed E-state index contributed by atoms with van der Waals surface area (Å²) in [4.78, 5) is 4.53. The fourth-order valence-corrected chi connectivity index (χ4v) is 1.36. The molecular formula is C10H15NO3. The Morgan fingerprint density at radius 1 is 1.43 bits per heavy atom. The van der Waals surface area contributed by atoms with Crippen molar-refractivity contribution in [3.8, 4) is 5.75 Å². The topological polar surface area (TPSA) is 64.7 Å². The molecule has 1 aromatic carbocycles. The third-order valence-corrected chi connectivity index (χ3v) is 2.10. The molecule has 4 heteroatoms. The Balaban J connectivity index is 2.90. The molecule has 0 fully saturated rings. The molecule has 0 amide bonds. The summed E-state index contributed by atoms with van der Waals surface area (Å²) in [7, 11) is 1.59. The summed E-state index contributed by atoms with van der Waals surface area (Å²) in [5.74, 6) is 5.58. The van der Waals surface area contributed by atoms with Gasteiger partial charge in [0.1, 0.15) is 5.75 Å². The van der Waals surface area contributed by atoms with Gasteiger partial charge in [-0.25, -0.2) is 5.90 Å². The molecule has 0 bridgehead atoms. The molecule has 1 unspecified atom stereocenters. The Kier molecular flexibility index (Phi) is 4.39. The molecular weight excluding hydrogens is 182 g/mol. The molecule has 1 atom stereocenters. The molecule has 0 radical (unpaired) electrons. The van der Waals surface area contributed by atoms with E-state index in [0.717, 1.165) is 11.3 Å². The third-order valence-electron chi connectivity index (χ3n) is 2.10. The van der Waals surface area contributed by atoms with Crippen LogP contribution in [0.1, 0.15) is 11.5 Å². The summed E-state index contributed by atoms with van der Waals surface area (Å²) in [5.41, 5.74) is 0.906. The number of methoxy groups -OCH3 is 1. The van der Waals surface area contributed by atoms with Gasteiger partial charge < -0.3 is 14.7 Å². The first kappa shape index (κ1) is 11.0. The molecule has 14 heavy (non-hydrogen) atoms. The van der Waals surface area contributed by atoms with Crippen molar-refractivity contribution in [1.29, 1.82) is 0 Å². The van der Waals surface area contributed by atoms with Gasteiger partial charge in [0.2, 0.25) is 0 Å². The number of para-hydroxylation sites is 1. The van der Waals surface area contributed by atoms with Gasteiger partial charge in [0.15, 0.2) is 0 Å². The van der Waals surface area contributed by atoms with Crippen LogP contribution in [0.2, 0.25) is 0 Å². The Morgan fingerprint density at radius 3 is 2.71 bits per heavy atom. The van der Waals surface area contributed by atoms with Gasteiger partial charge in [0.05, 0.1) is 20.3 Å². The van der Waals surface area contributed by atoms with Crippen LogP contribution in [0.25, 0.3) is 0 Å². The van der Waals surface area contributed by atoms with Crippen molar-refractivity contribution in [2.24, 2.45) is 5.90 Å². The zero-order valence-corrected chi connectivity index (χ0v) is 8.14. The van der Waals surface area contributed by atoms with Gasteiger partial charge in [-0.05, 0) is 6.07 Å². The summed E-state index contributed by atoms with van der Waals surface area (Å²) < 4.78 is 5.17. The van der Waals surface area contributed by atoms with E-state index >= 15 is 0 Å². The van der Waals surface area contributed by atoms with Crippen molar-refractivity contribution in [1.82, 2.24) is 0 Å². The lowest BCUT2D eigenvalue weighted by Crippen LogP contribution is -2.15. The van der Waals surface area contributed by atoms with E-state index in [4.69, 9.17) is 15.7 Å². The normalized spacial score (nSPS) is 12.5. The van der Waals surface area contributed by atoms with Crippen LogP contribution in [0.3, 0.4) is 0 Å². The number of rotatable bonds is 5. The minimum absolute atomic E-state index is 0.0163. The monoisotopic (exact) mass is 197 g/mol. The fraction of sp³-hybridized carbons (Fsp3) is 0.400. The molecule has 0 saturated carbocycles. The summed E-state index contributed by atoms with van der Waals surface area (Å²) in [6.07, 6.45) is 0. The van der Waals surface area contributed by atoms with Crippen LogP contribution in [0, 0.1) is 0 Å². The first-order valence-electron chi connectivity index (χ1n) is 4.39. The fourth-order valence-electron chi connectivity index (χ4n) is 1.36. The molecule has 0 aromatic heterocycles. The van der Waals surface area contributed by atoms with Gasteiger partial charge >= 0.3 is 0 Å². The van der Waals surface area contributed by atoms with E-state index in [2.05, 4.69) is 4.84 Å². The lowest BCUT2D eigenvalue weighted by molar-refractivity contribution is 0.100. The van der Waals surface area contributed by atoms with Crippen molar-refractivity contribution < 1.29 is 14.7 Å². The maximum Gasteiger partial charge on any atom is 0.122 e. The number of hydrogen-bond donors (Lipinski definition) is 2. The number of benzene rings is 1. The van der Waals surface area contributed by atoms with Crippen LogP contribution in [0.5, 0.6) is 5.75 Å². The van der Waals surface area contributed by atoms with Gasteiger partial charge in [-0.2, -0.15) is 0 Å². The second-order valence-electron chi connectivity index (χ2n) is 2.95. The number of nitrogens with two attached hydrogens (primary N) is 1. The maximum absolute atomic E-state index is 9.14. The van der Waals surface area contributed by atoms with Crippen molar-refractivity contribution in [2.75, 3.05) is 20.3 Å². The average Bonchev–Trinajstić information content (AvgIpc) is 2.26. The van der Waals surface area contributed by atoms with E-state index in [1.807, 2.05) is 24.3 Å².